The van der Waals surface area contributed by atoms with Crippen molar-refractivity contribution in [1.29, 1.82) is 0 Å². The minimum Gasteiger partial charge on any atom is -0.487 e. The second-order valence-electron chi connectivity index (χ2n) is 5.61. The number of nitrogens with two attached hydrogens (primary N) is 1. The topological polar surface area (TPSA) is 128 Å². The maximum absolute atomic E-state index is 11.6. The smallest absolute Gasteiger partial charge is 0.252 e. The van der Waals surface area contributed by atoms with E-state index in [9.17, 15) is 13.2 Å². The summed E-state index contributed by atoms with van der Waals surface area (Å²) in [4.78, 5) is 15.8. The molecule has 0 aliphatic rings. The van der Waals surface area contributed by atoms with Crippen LogP contribution >= 0.6 is 0 Å². The molecule has 2 heterocycles. The van der Waals surface area contributed by atoms with Gasteiger partial charge in [-0.1, -0.05) is 12.1 Å². The van der Waals surface area contributed by atoms with Gasteiger partial charge in [-0.15, -0.1) is 0 Å². The number of hydrogen-bond acceptors (Lipinski definition) is 6. The summed E-state index contributed by atoms with van der Waals surface area (Å²) >= 11 is 0. The molecule has 26 heavy (non-hydrogen) atoms. The molecule has 1 amide bonds. The highest BCUT2D eigenvalue weighted by molar-refractivity contribution is 7.90. The molecule has 0 unspecified atom stereocenters. The van der Waals surface area contributed by atoms with Crippen LogP contribution in [-0.4, -0.2) is 35.8 Å². The molecular formula is C17H16N4O4S. The molecule has 2 aromatic heterocycles. The molecule has 0 fully saturated rings. The highest BCUT2D eigenvalue weighted by atomic mass is 32.2. The Labute approximate surface area is 149 Å². The maximum Gasteiger partial charge on any atom is 0.252 e. The van der Waals surface area contributed by atoms with Gasteiger partial charge >= 0.3 is 0 Å². The second kappa shape index (κ2) is 6.96. The van der Waals surface area contributed by atoms with E-state index in [-0.39, 0.29) is 17.1 Å². The van der Waals surface area contributed by atoms with Gasteiger partial charge in [0, 0.05) is 6.26 Å². The molecule has 0 saturated heterocycles. The molecule has 8 nitrogen and oxygen atoms in total. The van der Waals surface area contributed by atoms with Crippen LogP contribution < -0.4 is 10.5 Å². The number of amides is 1. The van der Waals surface area contributed by atoms with Crippen LogP contribution in [0, 0.1) is 0 Å². The predicted molar refractivity (Wildman–Crippen MR) is 94.2 cm³/mol. The number of carbonyl (C=O) groups excluding carboxylic acids is 1. The SMILES string of the molecule is CS(=O)(=O)c1cccc(COc2ccc(-c3[nH]ncc3C(N)=O)nc2)c1. The second-order valence-corrected chi connectivity index (χ2v) is 7.63. The van der Waals surface area contributed by atoms with Gasteiger partial charge in [0.15, 0.2) is 9.84 Å². The Balaban J connectivity index is 1.72. The summed E-state index contributed by atoms with van der Waals surface area (Å²) in [6, 6.07) is 9.91. The molecule has 0 atom stereocenters. The fourth-order valence-electron chi connectivity index (χ4n) is 2.31. The summed E-state index contributed by atoms with van der Waals surface area (Å²) in [6.07, 6.45) is 4.01. The van der Waals surface area contributed by atoms with Crippen molar-refractivity contribution in [3.05, 3.63) is 59.9 Å². The lowest BCUT2D eigenvalue weighted by atomic mass is 10.2. The molecule has 3 aromatic rings. The molecular weight excluding hydrogens is 356 g/mol. The van der Waals surface area contributed by atoms with Crippen LogP contribution in [-0.2, 0) is 16.4 Å². The lowest BCUT2D eigenvalue weighted by Gasteiger charge is -2.08. The molecule has 0 saturated carbocycles. The maximum atomic E-state index is 11.6. The quantitative estimate of drug-likeness (QED) is 0.676. The molecule has 0 radical (unpaired) electrons. The van der Waals surface area contributed by atoms with Gasteiger partial charge in [-0.2, -0.15) is 5.10 Å². The van der Waals surface area contributed by atoms with Crippen molar-refractivity contribution in [3.8, 4) is 17.1 Å². The van der Waals surface area contributed by atoms with E-state index >= 15 is 0 Å². The number of benzene rings is 1. The monoisotopic (exact) mass is 372 g/mol. The highest BCUT2D eigenvalue weighted by Crippen LogP contribution is 2.21. The summed E-state index contributed by atoms with van der Waals surface area (Å²) < 4.78 is 28.8. The molecule has 3 N–H and O–H groups in total. The van der Waals surface area contributed by atoms with Crippen LogP contribution in [0.15, 0.2) is 53.7 Å². The fraction of sp³-hybridized carbons (Fsp3) is 0.118. The predicted octanol–water partition coefficient (Wildman–Crippen LogP) is 1.55. The highest BCUT2D eigenvalue weighted by Gasteiger charge is 2.13. The van der Waals surface area contributed by atoms with Crippen molar-refractivity contribution < 1.29 is 17.9 Å². The van der Waals surface area contributed by atoms with E-state index in [0.29, 0.717) is 17.1 Å². The molecule has 0 aliphatic heterocycles. The van der Waals surface area contributed by atoms with Crippen molar-refractivity contribution >= 4 is 15.7 Å². The van der Waals surface area contributed by atoms with Crippen molar-refractivity contribution in [3.63, 3.8) is 0 Å². The number of sulfone groups is 1. The van der Waals surface area contributed by atoms with Gasteiger partial charge in [0.25, 0.3) is 5.91 Å². The molecule has 134 valence electrons. The largest absolute Gasteiger partial charge is 0.487 e. The van der Waals surface area contributed by atoms with Crippen molar-refractivity contribution in [1.82, 2.24) is 15.2 Å². The van der Waals surface area contributed by atoms with Crippen molar-refractivity contribution in [2.24, 2.45) is 5.73 Å². The van der Waals surface area contributed by atoms with E-state index in [1.165, 1.54) is 18.5 Å². The Bertz CT molecular complexity index is 1040. The Morgan fingerprint density at radius 1 is 1.23 bits per heavy atom. The van der Waals surface area contributed by atoms with Crippen LogP contribution in [0.4, 0.5) is 0 Å². The first-order chi connectivity index (χ1) is 12.3. The minimum absolute atomic E-state index is 0.195. The summed E-state index contributed by atoms with van der Waals surface area (Å²) in [5, 5.41) is 6.49. The Hall–Kier alpha value is -3.20. The van der Waals surface area contributed by atoms with E-state index in [1.54, 1.807) is 30.3 Å². The molecule has 3 rings (SSSR count). The van der Waals surface area contributed by atoms with E-state index in [1.807, 2.05) is 0 Å². The average Bonchev–Trinajstić information content (AvgIpc) is 3.10. The van der Waals surface area contributed by atoms with Crippen LogP contribution in [0.25, 0.3) is 11.4 Å². The molecule has 0 spiro atoms. The first-order valence-electron chi connectivity index (χ1n) is 7.56. The first kappa shape index (κ1) is 17.6. The number of primary amides is 1. The van der Waals surface area contributed by atoms with Gasteiger partial charge in [-0.25, -0.2) is 8.42 Å². The Morgan fingerprint density at radius 2 is 2.04 bits per heavy atom. The number of pyridine rings is 1. The summed E-state index contributed by atoms with van der Waals surface area (Å²) in [5.41, 5.74) is 7.20. The van der Waals surface area contributed by atoms with E-state index in [4.69, 9.17) is 10.5 Å². The van der Waals surface area contributed by atoms with Gasteiger partial charge < -0.3 is 10.5 Å². The summed E-state index contributed by atoms with van der Waals surface area (Å²) in [6.45, 7) is 0.195. The number of hydrogen-bond donors (Lipinski definition) is 2. The third-order valence-corrected chi connectivity index (χ3v) is 4.74. The minimum atomic E-state index is -3.27. The molecule has 1 aromatic carbocycles. The normalized spacial score (nSPS) is 11.3. The summed E-state index contributed by atoms with van der Waals surface area (Å²) in [5.74, 6) is -0.0970. The number of aromatic amines is 1. The third kappa shape index (κ3) is 3.89. The zero-order valence-corrected chi connectivity index (χ0v) is 14.7. The Kier molecular flexibility index (Phi) is 4.72. The van der Waals surface area contributed by atoms with Gasteiger partial charge in [0.2, 0.25) is 0 Å². The molecule has 0 bridgehead atoms. The number of nitrogens with one attached hydrogen (secondary N) is 1. The van der Waals surface area contributed by atoms with Crippen molar-refractivity contribution in [2.45, 2.75) is 11.5 Å². The lowest BCUT2D eigenvalue weighted by molar-refractivity contribution is 0.100. The summed E-state index contributed by atoms with van der Waals surface area (Å²) in [7, 11) is -3.27. The van der Waals surface area contributed by atoms with Gasteiger partial charge in [0.05, 0.1) is 34.2 Å². The average molecular weight is 372 g/mol. The van der Waals surface area contributed by atoms with Crippen LogP contribution in [0.2, 0.25) is 0 Å². The zero-order chi connectivity index (χ0) is 18.7. The van der Waals surface area contributed by atoms with E-state index in [2.05, 4.69) is 15.2 Å². The van der Waals surface area contributed by atoms with Crippen molar-refractivity contribution in [2.75, 3.05) is 6.26 Å². The third-order valence-electron chi connectivity index (χ3n) is 3.63. The number of carbonyl (C=O) groups is 1. The first-order valence-corrected chi connectivity index (χ1v) is 9.45. The number of H-pyrrole nitrogens is 1. The molecule has 0 aliphatic carbocycles. The lowest BCUT2D eigenvalue weighted by Crippen LogP contribution is -2.11. The van der Waals surface area contributed by atoms with Gasteiger partial charge in [-0.3, -0.25) is 14.9 Å². The number of nitrogens with zero attached hydrogens (tertiary/aromatic N) is 2. The zero-order valence-electron chi connectivity index (χ0n) is 13.8. The van der Waals surface area contributed by atoms with Crippen LogP contribution in [0.3, 0.4) is 0 Å². The number of aromatic nitrogens is 3. The van der Waals surface area contributed by atoms with Gasteiger partial charge in [0.1, 0.15) is 12.4 Å². The number of rotatable bonds is 6. The van der Waals surface area contributed by atoms with Crippen LogP contribution in [0.5, 0.6) is 5.75 Å². The van der Waals surface area contributed by atoms with Crippen LogP contribution in [0.1, 0.15) is 15.9 Å². The van der Waals surface area contributed by atoms with E-state index in [0.717, 1.165) is 11.8 Å². The Morgan fingerprint density at radius 3 is 2.69 bits per heavy atom. The van der Waals surface area contributed by atoms with E-state index < -0.39 is 15.7 Å². The number of ether oxygens (including phenoxy) is 1. The fourth-order valence-corrected chi connectivity index (χ4v) is 3.01. The van der Waals surface area contributed by atoms with Gasteiger partial charge in [-0.05, 0) is 29.8 Å². The standard InChI is InChI=1S/C17H16N4O4S/c1-26(23,24)13-4-2-3-11(7-13)10-25-12-5-6-15(19-8-12)16-14(17(18)22)9-20-21-16/h2-9H,10H2,1H3,(H2,18,22)(H,20,21). The molecule has 9 heteroatoms.